The largest absolute Gasteiger partial charge is 0.493 e. The molecule has 150 valence electrons. The Hall–Kier alpha value is -3.02. The van der Waals surface area contributed by atoms with Crippen LogP contribution in [0.25, 0.3) is 0 Å². The minimum Gasteiger partial charge on any atom is -0.493 e. The lowest BCUT2D eigenvalue weighted by Crippen LogP contribution is -2.38. The number of hydrogen-bond acceptors (Lipinski definition) is 5. The van der Waals surface area contributed by atoms with Gasteiger partial charge >= 0.3 is 5.97 Å². The van der Waals surface area contributed by atoms with Crippen molar-refractivity contribution in [3.63, 3.8) is 0 Å². The summed E-state index contributed by atoms with van der Waals surface area (Å²) in [5.41, 5.74) is 1.31. The van der Waals surface area contributed by atoms with Gasteiger partial charge in [-0.1, -0.05) is 44.2 Å². The Kier molecular flexibility index (Phi) is 7.87. The predicted molar refractivity (Wildman–Crippen MR) is 106 cm³/mol. The number of ether oxygens (including phenoxy) is 3. The number of amides is 1. The monoisotopic (exact) mass is 385 g/mol. The fourth-order valence-electron chi connectivity index (χ4n) is 2.33. The van der Waals surface area contributed by atoms with Crippen molar-refractivity contribution in [3.8, 4) is 11.5 Å². The van der Waals surface area contributed by atoms with E-state index in [9.17, 15) is 9.59 Å². The standard InChI is InChI=1S/C22H27NO5/c1-15(2)16(3)23-21(24)14-28-22(25)18-10-11-19(20(12-18)26-4)27-13-17-8-6-5-7-9-17/h5-12,15-16H,13-14H2,1-4H3,(H,23,24)/t16-/m1/s1. The Labute approximate surface area is 165 Å². The third-order valence-electron chi connectivity index (χ3n) is 4.36. The lowest BCUT2D eigenvalue weighted by Gasteiger charge is -2.17. The third-order valence-corrected chi connectivity index (χ3v) is 4.36. The van der Waals surface area contributed by atoms with Crippen molar-refractivity contribution >= 4 is 11.9 Å². The van der Waals surface area contributed by atoms with Gasteiger partial charge in [-0.25, -0.2) is 4.79 Å². The molecule has 2 aromatic rings. The molecule has 2 rings (SSSR count). The number of carbonyl (C=O) groups excluding carboxylic acids is 2. The minimum atomic E-state index is -0.597. The number of rotatable bonds is 9. The molecule has 0 aliphatic carbocycles. The summed E-state index contributed by atoms with van der Waals surface area (Å²) in [5.74, 6) is 0.312. The summed E-state index contributed by atoms with van der Waals surface area (Å²) in [6.45, 7) is 5.97. The van der Waals surface area contributed by atoms with Crippen LogP contribution >= 0.6 is 0 Å². The van der Waals surface area contributed by atoms with E-state index in [1.165, 1.54) is 13.2 Å². The quantitative estimate of drug-likeness (QED) is 0.668. The molecule has 0 aliphatic heterocycles. The molecular weight excluding hydrogens is 358 g/mol. The van der Waals surface area contributed by atoms with E-state index in [1.54, 1.807) is 12.1 Å². The van der Waals surface area contributed by atoms with Gasteiger partial charge in [0.2, 0.25) is 0 Å². The Bertz CT molecular complexity index is 789. The van der Waals surface area contributed by atoms with Crippen molar-refractivity contribution in [2.45, 2.75) is 33.4 Å². The number of methoxy groups -OCH3 is 1. The van der Waals surface area contributed by atoms with Crippen LogP contribution in [0, 0.1) is 5.92 Å². The van der Waals surface area contributed by atoms with Crippen LogP contribution in [0.2, 0.25) is 0 Å². The van der Waals surface area contributed by atoms with Gasteiger partial charge in [0, 0.05) is 6.04 Å². The molecule has 1 N–H and O–H groups in total. The number of esters is 1. The van der Waals surface area contributed by atoms with Gasteiger partial charge < -0.3 is 19.5 Å². The first-order valence-electron chi connectivity index (χ1n) is 9.22. The molecule has 6 nitrogen and oxygen atoms in total. The molecule has 0 bridgehead atoms. The van der Waals surface area contributed by atoms with Crippen LogP contribution < -0.4 is 14.8 Å². The molecule has 0 heterocycles. The van der Waals surface area contributed by atoms with E-state index in [-0.39, 0.29) is 24.1 Å². The maximum atomic E-state index is 12.2. The van der Waals surface area contributed by atoms with Crippen LogP contribution in [-0.2, 0) is 16.1 Å². The Morgan fingerprint density at radius 2 is 1.71 bits per heavy atom. The minimum absolute atomic E-state index is 0.00680. The van der Waals surface area contributed by atoms with Crippen LogP contribution in [-0.4, -0.2) is 31.6 Å². The molecule has 28 heavy (non-hydrogen) atoms. The van der Waals surface area contributed by atoms with E-state index in [4.69, 9.17) is 14.2 Å². The van der Waals surface area contributed by atoms with Gasteiger partial charge in [-0.3, -0.25) is 4.79 Å². The summed E-state index contributed by atoms with van der Waals surface area (Å²) < 4.78 is 16.2. The van der Waals surface area contributed by atoms with E-state index in [2.05, 4.69) is 5.32 Å². The van der Waals surface area contributed by atoms with Gasteiger partial charge in [-0.2, -0.15) is 0 Å². The van der Waals surface area contributed by atoms with Crippen molar-refractivity contribution in [3.05, 3.63) is 59.7 Å². The molecule has 0 radical (unpaired) electrons. The number of hydrogen-bond donors (Lipinski definition) is 1. The Morgan fingerprint density at radius 1 is 1.00 bits per heavy atom. The first kappa shape index (κ1) is 21.3. The normalized spacial score (nSPS) is 11.6. The zero-order valence-corrected chi connectivity index (χ0v) is 16.7. The molecule has 0 unspecified atom stereocenters. The van der Waals surface area contributed by atoms with Crippen molar-refractivity contribution in [1.29, 1.82) is 0 Å². The molecule has 1 atom stereocenters. The van der Waals surface area contributed by atoms with Crippen molar-refractivity contribution in [2.75, 3.05) is 13.7 Å². The Morgan fingerprint density at radius 3 is 2.36 bits per heavy atom. The van der Waals surface area contributed by atoms with Crippen LogP contribution in [0.5, 0.6) is 11.5 Å². The molecule has 2 aromatic carbocycles. The number of nitrogens with one attached hydrogen (secondary N) is 1. The van der Waals surface area contributed by atoms with Crippen LogP contribution in [0.1, 0.15) is 36.7 Å². The smallest absolute Gasteiger partial charge is 0.338 e. The summed E-state index contributed by atoms with van der Waals surface area (Å²) in [6.07, 6.45) is 0. The fraction of sp³-hybridized carbons (Fsp3) is 0.364. The second kappa shape index (κ2) is 10.3. The van der Waals surface area contributed by atoms with Crippen molar-refractivity contribution in [2.24, 2.45) is 5.92 Å². The van der Waals surface area contributed by atoms with Gasteiger partial charge in [0.15, 0.2) is 18.1 Å². The zero-order chi connectivity index (χ0) is 20.5. The second-order valence-electron chi connectivity index (χ2n) is 6.82. The molecule has 0 aromatic heterocycles. The molecule has 0 fully saturated rings. The highest BCUT2D eigenvalue weighted by Crippen LogP contribution is 2.29. The molecule has 0 saturated heterocycles. The third kappa shape index (κ3) is 6.30. The van der Waals surface area contributed by atoms with E-state index in [0.29, 0.717) is 24.0 Å². The SMILES string of the molecule is COc1cc(C(=O)OCC(=O)N[C@H](C)C(C)C)ccc1OCc1ccccc1. The highest BCUT2D eigenvalue weighted by Gasteiger charge is 2.16. The molecule has 1 amide bonds. The van der Waals surface area contributed by atoms with E-state index >= 15 is 0 Å². The van der Waals surface area contributed by atoms with Crippen LogP contribution in [0.15, 0.2) is 48.5 Å². The highest BCUT2D eigenvalue weighted by molar-refractivity contribution is 5.92. The van der Waals surface area contributed by atoms with Crippen LogP contribution in [0.4, 0.5) is 0 Å². The topological polar surface area (TPSA) is 73.9 Å². The highest BCUT2D eigenvalue weighted by atomic mass is 16.5. The average molecular weight is 385 g/mol. The van der Waals surface area contributed by atoms with E-state index in [0.717, 1.165) is 5.56 Å². The summed E-state index contributed by atoms with van der Waals surface area (Å²) in [4.78, 5) is 24.1. The number of carbonyl (C=O) groups is 2. The zero-order valence-electron chi connectivity index (χ0n) is 16.7. The summed E-state index contributed by atoms with van der Waals surface area (Å²) >= 11 is 0. The first-order valence-corrected chi connectivity index (χ1v) is 9.22. The summed E-state index contributed by atoms with van der Waals surface area (Å²) in [6, 6.07) is 14.5. The van der Waals surface area contributed by atoms with Gasteiger partial charge in [-0.15, -0.1) is 0 Å². The van der Waals surface area contributed by atoms with Gasteiger partial charge in [0.05, 0.1) is 12.7 Å². The van der Waals surface area contributed by atoms with Gasteiger partial charge in [-0.05, 0) is 36.6 Å². The number of benzene rings is 2. The summed E-state index contributed by atoms with van der Waals surface area (Å²) in [7, 11) is 1.50. The van der Waals surface area contributed by atoms with Gasteiger partial charge in [0.25, 0.3) is 5.91 Å². The molecular formula is C22H27NO5. The molecule has 0 aliphatic rings. The molecule has 0 saturated carbocycles. The Balaban J connectivity index is 1.94. The van der Waals surface area contributed by atoms with Crippen LogP contribution in [0.3, 0.4) is 0 Å². The maximum absolute atomic E-state index is 12.2. The average Bonchev–Trinajstić information content (AvgIpc) is 2.70. The maximum Gasteiger partial charge on any atom is 0.338 e. The lowest BCUT2D eigenvalue weighted by molar-refractivity contribution is -0.125. The van der Waals surface area contributed by atoms with E-state index < -0.39 is 5.97 Å². The van der Waals surface area contributed by atoms with E-state index in [1.807, 2.05) is 51.1 Å². The predicted octanol–water partition coefficient (Wildman–Crippen LogP) is 3.59. The molecule has 0 spiro atoms. The summed E-state index contributed by atoms with van der Waals surface area (Å²) in [5, 5.41) is 2.79. The van der Waals surface area contributed by atoms with Crippen molar-refractivity contribution in [1.82, 2.24) is 5.32 Å². The van der Waals surface area contributed by atoms with Crippen molar-refractivity contribution < 1.29 is 23.8 Å². The molecule has 6 heteroatoms. The fourth-order valence-corrected chi connectivity index (χ4v) is 2.33. The lowest BCUT2D eigenvalue weighted by atomic mass is 10.1. The first-order chi connectivity index (χ1) is 13.4. The second-order valence-corrected chi connectivity index (χ2v) is 6.82. The van der Waals surface area contributed by atoms with Gasteiger partial charge in [0.1, 0.15) is 6.61 Å².